The van der Waals surface area contributed by atoms with Crippen LogP contribution in [0.5, 0.6) is 0 Å². The van der Waals surface area contributed by atoms with Crippen LogP contribution in [0.4, 0.5) is 17.1 Å². The maximum absolute atomic E-state index is 2.49. The molecule has 0 amide bonds. The number of fused-ring (bicyclic) bond motifs is 9. The Hall–Kier alpha value is -7.42. The normalized spacial score (nSPS) is 11.6. The molecule has 0 radical (unpaired) electrons. The zero-order valence-electron chi connectivity index (χ0n) is 30.7. The molecule has 1 heterocycles. The molecule has 0 saturated heterocycles. The number of aromatic nitrogens is 1. The molecule has 1 aromatic heterocycles. The summed E-state index contributed by atoms with van der Waals surface area (Å²) >= 11 is 0. The largest absolute Gasteiger partial charge is 0.309 e. The Bertz CT molecular complexity index is 3210. The van der Waals surface area contributed by atoms with Crippen LogP contribution in [0, 0.1) is 0 Å². The predicted molar refractivity (Wildman–Crippen MR) is 239 cm³/mol. The van der Waals surface area contributed by atoms with Crippen LogP contribution >= 0.6 is 0 Å². The Morgan fingerprint density at radius 1 is 0.304 bits per heavy atom. The van der Waals surface area contributed by atoms with Crippen LogP contribution in [0.25, 0.3) is 82.1 Å². The lowest BCUT2D eigenvalue weighted by Gasteiger charge is -2.29. The Morgan fingerprint density at radius 3 is 1.48 bits per heavy atom. The van der Waals surface area contributed by atoms with Gasteiger partial charge >= 0.3 is 0 Å². The molecule has 0 unspecified atom stereocenters. The molecule has 0 N–H and O–H groups in total. The number of hydrogen-bond acceptors (Lipinski definition) is 1. The Labute approximate surface area is 325 Å². The van der Waals surface area contributed by atoms with Gasteiger partial charge in [0.15, 0.2) is 0 Å². The monoisotopic (exact) mass is 712 g/mol. The summed E-state index contributed by atoms with van der Waals surface area (Å²) in [6, 6.07) is 79.5. The number of para-hydroxylation sites is 3. The minimum Gasteiger partial charge on any atom is -0.309 e. The molecule has 262 valence electrons. The molecule has 2 heteroatoms. The van der Waals surface area contributed by atoms with Crippen molar-refractivity contribution in [1.82, 2.24) is 4.57 Å². The highest BCUT2D eigenvalue weighted by molar-refractivity contribution is 6.26. The standard InChI is InChI=1S/C54H36N2/c1-3-18-37(19-4-1)40-22-11-14-29-49(40)55(39-34-35-46-44-26-8-7-24-42(44)43-25-9-10-27-45(43)48(46)36-39)52-32-17-33-53-54(52)47-28-13-16-31-51(47)56(53)50-30-15-12-23-41(50)38-20-5-2-6-21-38/h1-36H. The van der Waals surface area contributed by atoms with Gasteiger partial charge in [-0.1, -0.05) is 176 Å². The van der Waals surface area contributed by atoms with Gasteiger partial charge in [0.1, 0.15) is 0 Å². The molecule has 0 spiro atoms. The first-order chi connectivity index (χ1) is 27.8. The smallest absolute Gasteiger partial charge is 0.0562 e. The molecule has 0 bridgehead atoms. The van der Waals surface area contributed by atoms with Crippen LogP contribution in [0.15, 0.2) is 218 Å². The molecule has 0 fully saturated rings. The highest BCUT2D eigenvalue weighted by Crippen LogP contribution is 2.48. The van der Waals surface area contributed by atoms with Gasteiger partial charge < -0.3 is 9.47 Å². The van der Waals surface area contributed by atoms with Crippen molar-refractivity contribution in [2.75, 3.05) is 4.90 Å². The van der Waals surface area contributed by atoms with E-state index in [0.29, 0.717) is 0 Å². The van der Waals surface area contributed by atoms with Gasteiger partial charge in [-0.05, 0) is 85.9 Å². The van der Waals surface area contributed by atoms with Gasteiger partial charge in [0, 0.05) is 27.6 Å². The summed E-state index contributed by atoms with van der Waals surface area (Å²) in [5, 5.41) is 9.99. The SMILES string of the molecule is c1ccc(-c2ccccc2N(c2ccc3c4ccccc4c4ccccc4c3c2)c2cccc3c2c2ccccc2n3-c2ccccc2-c2ccccc2)cc1. The van der Waals surface area contributed by atoms with Gasteiger partial charge in [-0.15, -0.1) is 0 Å². The van der Waals surface area contributed by atoms with Crippen molar-refractivity contribution >= 4 is 71.2 Å². The van der Waals surface area contributed by atoms with E-state index in [-0.39, 0.29) is 0 Å². The van der Waals surface area contributed by atoms with Crippen molar-refractivity contribution in [3.8, 4) is 27.9 Å². The van der Waals surface area contributed by atoms with Gasteiger partial charge in [0.05, 0.1) is 28.1 Å². The number of anilines is 3. The average Bonchev–Trinajstić information content (AvgIpc) is 3.62. The van der Waals surface area contributed by atoms with Crippen molar-refractivity contribution in [3.05, 3.63) is 218 Å². The maximum atomic E-state index is 2.49. The Morgan fingerprint density at radius 2 is 0.786 bits per heavy atom. The molecule has 0 aliphatic rings. The number of benzene rings is 10. The van der Waals surface area contributed by atoms with E-state index in [0.717, 1.165) is 28.3 Å². The fourth-order valence-electron chi connectivity index (χ4n) is 8.95. The van der Waals surface area contributed by atoms with E-state index in [1.807, 2.05) is 0 Å². The summed E-state index contributed by atoms with van der Waals surface area (Å²) in [4.78, 5) is 2.49. The van der Waals surface area contributed by atoms with Crippen LogP contribution in [0.3, 0.4) is 0 Å². The zero-order valence-corrected chi connectivity index (χ0v) is 30.7. The van der Waals surface area contributed by atoms with Crippen molar-refractivity contribution in [2.24, 2.45) is 0 Å². The lowest BCUT2D eigenvalue weighted by Crippen LogP contribution is -2.12. The van der Waals surface area contributed by atoms with Gasteiger partial charge in [0.2, 0.25) is 0 Å². The Balaban J connectivity index is 1.25. The molecular formula is C54H36N2. The number of rotatable bonds is 6. The third-order valence-corrected chi connectivity index (χ3v) is 11.4. The molecule has 11 aromatic rings. The van der Waals surface area contributed by atoms with Crippen molar-refractivity contribution in [2.45, 2.75) is 0 Å². The predicted octanol–water partition coefficient (Wildman–Crippen LogP) is 15.0. The molecule has 2 nitrogen and oxygen atoms in total. The summed E-state index contributed by atoms with van der Waals surface area (Å²) < 4.78 is 2.46. The van der Waals surface area contributed by atoms with Crippen molar-refractivity contribution in [1.29, 1.82) is 0 Å². The highest BCUT2D eigenvalue weighted by atomic mass is 15.2. The fourth-order valence-corrected chi connectivity index (χ4v) is 8.95. The molecule has 11 rings (SSSR count). The van der Waals surface area contributed by atoms with Crippen LogP contribution in [0.2, 0.25) is 0 Å². The lowest BCUT2D eigenvalue weighted by molar-refractivity contribution is 1.18. The lowest BCUT2D eigenvalue weighted by atomic mass is 9.93. The summed E-state index contributed by atoms with van der Waals surface area (Å²) in [6.45, 7) is 0. The summed E-state index contributed by atoms with van der Waals surface area (Å²) in [5.74, 6) is 0. The van der Waals surface area contributed by atoms with E-state index in [2.05, 4.69) is 228 Å². The van der Waals surface area contributed by atoms with E-state index < -0.39 is 0 Å². The summed E-state index contributed by atoms with van der Waals surface area (Å²) in [6.07, 6.45) is 0. The highest BCUT2D eigenvalue weighted by Gasteiger charge is 2.24. The van der Waals surface area contributed by atoms with Gasteiger partial charge in [0.25, 0.3) is 0 Å². The first-order valence-electron chi connectivity index (χ1n) is 19.3. The van der Waals surface area contributed by atoms with E-state index >= 15 is 0 Å². The Kier molecular flexibility index (Phi) is 7.53. The minimum absolute atomic E-state index is 1.11. The molecule has 0 atom stereocenters. The quantitative estimate of drug-likeness (QED) is 0.156. The van der Waals surface area contributed by atoms with Crippen LogP contribution in [-0.2, 0) is 0 Å². The average molecular weight is 713 g/mol. The van der Waals surface area contributed by atoms with Crippen molar-refractivity contribution < 1.29 is 0 Å². The molecule has 0 saturated carbocycles. The number of nitrogens with zero attached hydrogens (tertiary/aromatic N) is 2. The third kappa shape index (κ3) is 5.04. The van der Waals surface area contributed by atoms with Gasteiger partial charge in [-0.25, -0.2) is 0 Å². The van der Waals surface area contributed by atoms with E-state index in [1.165, 1.54) is 70.9 Å². The minimum atomic E-state index is 1.11. The maximum Gasteiger partial charge on any atom is 0.0562 e. The fraction of sp³-hybridized carbons (Fsp3) is 0. The second-order valence-electron chi connectivity index (χ2n) is 14.4. The summed E-state index contributed by atoms with van der Waals surface area (Å²) in [5.41, 5.74) is 11.6. The topological polar surface area (TPSA) is 8.17 Å². The zero-order chi connectivity index (χ0) is 37.0. The first kappa shape index (κ1) is 32.0. The van der Waals surface area contributed by atoms with Gasteiger partial charge in [-0.3, -0.25) is 0 Å². The van der Waals surface area contributed by atoms with E-state index in [9.17, 15) is 0 Å². The van der Waals surface area contributed by atoms with Crippen LogP contribution in [-0.4, -0.2) is 4.57 Å². The van der Waals surface area contributed by atoms with Gasteiger partial charge in [-0.2, -0.15) is 0 Å². The van der Waals surface area contributed by atoms with E-state index in [1.54, 1.807) is 0 Å². The molecule has 0 aliphatic carbocycles. The summed E-state index contributed by atoms with van der Waals surface area (Å²) in [7, 11) is 0. The third-order valence-electron chi connectivity index (χ3n) is 11.4. The van der Waals surface area contributed by atoms with E-state index in [4.69, 9.17) is 0 Å². The second-order valence-corrected chi connectivity index (χ2v) is 14.4. The van der Waals surface area contributed by atoms with Crippen LogP contribution < -0.4 is 4.90 Å². The molecule has 56 heavy (non-hydrogen) atoms. The van der Waals surface area contributed by atoms with Crippen LogP contribution in [0.1, 0.15) is 0 Å². The molecule has 10 aromatic carbocycles. The molecule has 0 aliphatic heterocycles. The second kappa shape index (κ2) is 13.2. The number of hydrogen-bond donors (Lipinski definition) is 0. The first-order valence-corrected chi connectivity index (χ1v) is 19.3. The van der Waals surface area contributed by atoms with Crippen molar-refractivity contribution in [3.63, 3.8) is 0 Å². The molecular weight excluding hydrogens is 677 g/mol.